The minimum atomic E-state index is -0.678. The van der Waals surface area contributed by atoms with E-state index in [0.29, 0.717) is 18.2 Å². The summed E-state index contributed by atoms with van der Waals surface area (Å²) in [4.78, 5) is 17.1. The summed E-state index contributed by atoms with van der Waals surface area (Å²) in [7, 11) is 0. The molecule has 0 fully saturated rings. The zero-order valence-electron chi connectivity index (χ0n) is 18.0. The van der Waals surface area contributed by atoms with Crippen LogP contribution in [-0.4, -0.2) is 22.0 Å². The van der Waals surface area contributed by atoms with Crippen LogP contribution >= 0.6 is 0 Å². The average molecular weight is 418 g/mol. The third-order valence-electron chi connectivity index (χ3n) is 4.92. The van der Waals surface area contributed by atoms with Crippen molar-refractivity contribution in [2.75, 3.05) is 6.61 Å². The number of carbonyl (C=O) groups is 1. The molecule has 0 unspecified atom stereocenters. The van der Waals surface area contributed by atoms with Gasteiger partial charge in [0.15, 0.2) is 0 Å². The van der Waals surface area contributed by atoms with Crippen molar-refractivity contribution in [3.63, 3.8) is 0 Å². The highest BCUT2D eigenvalue weighted by Gasteiger charge is 2.18. The quantitative estimate of drug-likeness (QED) is 0.195. The maximum Gasteiger partial charge on any atom is 0.349 e. The zero-order chi connectivity index (χ0) is 22.1. The number of ether oxygens (including phenoxy) is 2. The van der Waals surface area contributed by atoms with E-state index in [9.17, 15) is 10.1 Å². The minimum absolute atomic E-state index is 0.102. The molecule has 0 aliphatic carbocycles. The largest absolute Gasteiger partial charge is 0.476 e. The SMILES string of the molecule is CCCCCCOc1nc2c(C)cccn2c1C=C(C#N)C(=O)OCc1ccccc1. The number of imidazole rings is 1. The summed E-state index contributed by atoms with van der Waals surface area (Å²) in [5, 5.41) is 9.59. The highest BCUT2D eigenvalue weighted by molar-refractivity contribution is 5.98. The molecule has 31 heavy (non-hydrogen) atoms. The van der Waals surface area contributed by atoms with Crippen molar-refractivity contribution in [3.8, 4) is 11.9 Å². The Bertz CT molecular complexity index is 1090. The van der Waals surface area contributed by atoms with Crippen LogP contribution in [0.25, 0.3) is 11.7 Å². The second-order valence-corrected chi connectivity index (χ2v) is 7.33. The Morgan fingerprint density at radius 3 is 2.71 bits per heavy atom. The van der Waals surface area contributed by atoms with Gasteiger partial charge in [-0.1, -0.05) is 62.6 Å². The van der Waals surface area contributed by atoms with Gasteiger partial charge in [-0.2, -0.15) is 10.2 Å². The number of rotatable bonds is 10. The Hall–Kier alpha value is -3.59. The fourth-order valence-electron chi connectivity index (χ4n) is 3.21. The Morgan fingerprint density at radius 2 is 1.97 bits per heavy atom. The molecule has 6 heteroatoms. The Labute approximate surface area is 182 Å². The molecule has 0 saturated carbocycles. The van der Waals surface area contributed by atoms with E-state index >= 15 is 0 Å². The summed E-state index contributed by atoms with van der Waals surface area (Å²) in [6.07, 6.45) is 7.66. The second kappa shape index (κ2) is 11.0. The second-order valence-electron chi connectivity index (χ2n) is 7.33. The molecular weight excluding hydrogens is 390 g/mol. The smallest absolute Gasteiger partial charge is 0.349 e. The highest BCUT2D eigenvalue weighted by Crippen LogP contribution is 2.25. The molecule has 0 atom stereocenters. The lowest BCUT2D eigenvalue weighted by Gasteiger charge is -2.06. The topological polar surface area (TPSA) is 76.6 Å². The van der Waals surface area contributed by atoms with Gasteiger partial charge in [0.1, 0.15) is 29.6 Å². The van der Waals surface area contributed by atoms with Crippen LogP contribution < -0.4 is 4.74 Å². The molecule has 3 rings (SSSR count). The Morgan fingerprint density at radius 1 is 1.16 bits per heavy atom. The van der Waals surface area contributed by atoms with Crippen molar-refractivity contribution in [1.29, 1.82) is 5.26 Å². The molecule has 3 aromatic rings. The van der Waals surface area contributed by atoms with Crippen LogP contribution in [0.3, 0.4) is 0 Å². The Balaban J connectivity index is 1.84. The molecule has 0 aliphatic rings. The number of carbonyl (C=O) groups excluding carboxylic acids is 1. The van der Waals surface area contributed by atoms with Gasteiger partial charge in [-0.15, -0.1) is 0 Å². The number of unbranched alkanes of at least 4 members (excludes halogenated alkanes) is 3. The predicted molar refractivity (Wildman–Crippen MR) is 119 cm³/mol. The number of nitriles is 1. The van der Waals surface area contributed by atoms with Gasteiger partial charge in [0.25, 0.3) is 0 Å². The number of fused-ring (bicyclic) bond motifs is 1. The van der Waals surface area contributed by atoms with Crippen molar-refractivity contribution >= 4 is 17.7 Å². The monoisotopic (exact) mass is 417 g/mol. The van der Waals surface area contributed by atoms with Gasteiger partial charge in [-0.3, -0.25) is 4.40 Å². The van der Waals surface area contributed by atoms with E-state index in [1.165, 1.54) is 6.08 Å². The summed E-state index contributed by atoms with van der Waals surface area (Å²) < 4.78 is 13.1. The number of nitrogens with zero attached hydrogens (tertiary/aromatic N) is 3. The van der Waals surface area contributed by atoms with E-state index in [0.717, 1.165) is 42.5 Å². The third kappa shape index (κ3) is 5.73. The number of benzene rings is 1. The van der Waals surface area contributed by atoms with Crippen LogP contribution in [0.2, 0.25) is 0 Å². The number of hydrogen-bond donors (Lipinski definition) is 0. The van der Waals surface area contributed by atoms with Gasteiger partial charge in [0.05, 0.1) is 6.61 Å². The van der Waals surface area contributed by atoms with Crippen molar-refractivity contribution in [2.45, 2.75) is 46.1 Å². The lowest BCUT2D eigenvalue weighted by atomic mass is 10.2. The van der Waals surface area contributed by atoms with Gasteiger partial charge in [-0.05, 0) is 36.6 Å². The summed E-state index contributed by atoms with van der Waals surface area (Å²) in [5.41, 5.74) is 3.02. The van der Waals surface area contributed by atoms with E-state index in [-0.39, 0.29) is 12.2 Å². The first kappa shape index (κ1) is 22.1. The lowest BCUT2D eigenvalue weighted by molar-refractivity contribution is -0.139. The van der Waals surface area contributed by atoms with Crippen LogP contribution in [0.4, 0.5) is 0 Å². The molecule has 0 saturated heterocycles. The van der Waals surface area contributed by atoms with E-state index < -0.39 is 5.97 Å². The molecule has 0 aliphatic heterocycles. The molecule has 2 heterocycles. The first-order valence-corrected chi connectivity index (χ1v) is 10.6. The molecule has 0 N–H and O–H groups in total. The summed E-state index contributed by atoms with van der Waals surface area (Å²) in [6, 6.07) is 15.2. The predicted octanol–water partition coefficient (Wildman–Crippen LogP) is 5.25. The van der Waals surface area contributed by atoms with Gasteiger partial charge < -0.3 is 9.47 Å². The number of esters is 1. The maximum atomic E-state index is 12.5. The molecule has 1 aromatic carbocycles. The van der Waals surface area contributed by atoms with Gasteiger partial charge in [-0.25, -0.2) is 4.79 Å². The van der Waals surface area contributed by atoms with Crippen LogP contribution in [0.1, 0.15) is 49.4 Å². The van der Waals surface area contributed by atoms with E-state index in [1.54, 1.807) is 0 Å². The van der Waals surface area contributed by atoms with Crippen LogP contribution in [-0.2, 0) is 16.1 Å². The lowest BCUT2D eigenvalue weighted by Crippen LogP contribution is -2.07. The Kier molecular flexibility index (Phi) is 7.83. The molecule has 6 nitrogen and oxygen atoms in total. The number of aromatic nitrogens is 2. The minimum Gasteiger partial charge on any atom is -0.476 e. The zero-order valence-corrected chi connectivity index (χ0v) is 18.0. The molecule has 0 radical (unpaired) electrons. The maximum absolute atomic E-state index is 12.5. The van der Waals surface area contributed by atoms with Gasteiger partial charge >= 0.3 is 5.97 Å². The molecule has 0 amide bonds. The standard InChI is InChI=1S/C25H27N3O3/c1-3-4-5-9-15-30-24-22(28-14-10-11-19(2)23(28)27-24)16-21(17-26)25(29)31-18-20-12-7-6-8-13-20/h6-8,10-14,16H,3-5,9,15,18H2,1-2H3. The highest BCUT2D eigenvalue weighted by atomic mass is 16.5. The van der Waals surface area contributed by atoms with Crippen molar-refractivity contribution < 1.29 is 14.3 Å². The molecule has 0 spiro atoms. The molecule has 160 valence electrons. The summed E-state index contributed by atoms with van der Waals surface area (Å²) in [5.74, 6) is -0.266. The fourth-order valence-corrected chi connectivity index (χ4v) is 3.21. The van der Waals surface area contributed by atoms with Crippen molar-refractivity contribution in [3.05, 3.63) is 71.1 Å². The van der Waals surface area contributed by atoms with Gasteiger partial charge in [0.2, 0.25) is 5.88 Å². The number of pyridine rings is 1. The number of aryl methyl sites for hydroxylation is 1. The van der Waals surface area contributed by atoms with Crippen LogP contribution in [0.5, 0.6) is 5.88 Å². The summed E-state index contributed by atoms with van der Waals surface area (Å²) in [6.45, 7) is 4.75. The molecule has 0 bridgehead atoms. The first-order valence-electron chi connectivity index (χ1n) is 10.6. The van der Waals surface area contributed by atoms with Crippen LogP contribution in [0, 0.1) is 18.3 Å². The third-order valence-corrected chi connectivity index (χ3v) is 4.92. The molecular formula is C25H27N3O3. The normalized spacial score (nSPS) is 11.3. The fraction of sp³-hybridized carbons (Fsp3) is 0.320. The van der Waals surface area contributed by atoms with Crippen LogP contribution in [0.15, 0.2) is 54.2 Å². The average Bonchev–Trinajstić information content (AvgIpc) is 3.15. The van der Waals surface area contributed by atoms with Gasteiger partial charge in [0, 0.05) is 6.20 Å². The first-order chi connectivity index (χ1) is 15.1. The van der Waals surface area contributed by atoms with Crippen molar-refractivity contribution in [1.82, 2.24) is 9.38 Å². The molecule has 2 aromatic heterocycles. The van der Waals surface area contributed by atoms with E-state index in [2.05, 4.69) is 11.9 Å². The number of hydrogen-bond acceptors (Lipinski definition) is 5. The van der Waals surface area contributed by atoms with E-state index in [4.69, 9.17) is 9.47 Å². The van der Waals surface area contributed by atoms with Crippen molar-refractivity contribution in [2.24, 2.45) is 0 Å². The van der Waals surface area contributed by atoms with E-state index in [1.807, 2.05) is 66.1 Å². The summed E-state index contributed by atoms with van der Waals surface area (Å²) >= 11 is 0.